The first-order chi connectivity index (χ1) is 18.9. The van der Waals surface area contributed by atoms with Crippen molar-refractivity contribution in [2.24, 2.45) is 11.8 Å². The minimum Gasteiger partial charge on any atom is -0.465 e. The van der Waals surface area contributed by atoms with Crippen molar-refractivity contribution in [2.75, 3.05) is 19.8 Å². The molecule has 2 amide bonds. The number of nitrogens with zero attached hydrogens (tertiary/aromatic N) is 2. The monoisotopic (exact) mass is 568 g/mol. The molecule has 7 nitrogen and oxygen atoms in total. The Morgan fingerprint density at radius 3 is 2.52 bits per heavy atom. The lowest BCUT2D eigenvalue weighted by Crippen LogP contribution is -2.60. The number of unbranched alkanes of at least 4 members (excludes halogenated alkanes) is 1. The van der Waals surface area contributed by atoms with Crippen LogP contribution in [0.5, 0.6) is 0 Å². The number of carbonyl (C=O) groups excluding carboxylic acids is 3. The second kappa shape index (κ2) is 11.7. The number of aliphatic hydroxyl groups excluding tert-OH is 1. The molecule has 0 radical (unpaired) electrons. The van der Waals surface area contributed by atoms with Gasteiger partial charge in [0.1, 0.15) is 6.04 Å². The molecule has 3 heterocycles. The topological polar surface area (TPSA) is 87.1 Å². The molecule has 3 fully saturated rings. The summed E-state index contributed by atoms with van der Waals surface area (Å²) >= 11 is 1.62. The number of rotatable bonds is 12. The Bertz CT molecular complexity index is 1130. The number of hydrogen-bond acceptors (Lipinski definition) is 6. The quantitative estimate of drug-likeness (QED) is 0.229. The summed E-state index contributed by atoms with van der Waals surface area (Å²) in [6.45, 7) is 15.9. The molecule has 1 spiro atoms. The summed E-state index contributed by atoms with van der Waals surface area (Å²) in [4.78, 5) is 46.2. The van der Waals surface area contributed by atoms with Crippen molar-refractivity contribution in [1.29, 1.82) is 0 Å². The van der Waals surface area contributed by atoms with Gasteiger partial charge in [0.05, 0.1) is 35.8 Å². The molecule has 2 unspecified atom stereocenters. The predicted octanol–water partition coefficient (Wildman–Crippen LogP) is 4.39. The highest BCUT2D eigenvalue weighted by Gasteiger charge is 2.78. The van der Waals surface area contributed by atoms with Crippen molar-refractivity contribution >= 4 is 29.5 Å². The second-order valence-electron chi connectivity index (χ2n) is 12.5. The van der Waals surface area contributed by atoms with Crippen molar-refractivity contribution in [3.8, 4) is 0 Å². The fraction of sp³-hybridized carbons (Fsp3) is 0.594. The molecule has 3 saturated heterocycles. The van der Waals surface area contributed by atoms with Gasteiger partial charge in [0.25, 0.3) is 0 Å². The van der Waals surface area contributed by atoms with Crippen molar-refractivity contribution in [1.82, 2.24) is 9.80 Å². The van der Waals surface area contributed by atoms with E-state index in [1.54, 1.807) is 33.7 Å². The van der Waals surface area contributed by atoms with Gasteiger partial charge in [-0.25, -0.2) is 0 Å². The van der Waals surface area contributed by atoms with E-state index in [9.17, 15) is 19.5 Å². The molecule has 3 aliphatic heterocycles. The average molecular weight is 569 g/mol. The molecule has 4 rings (SSSR count). The van der Waals surface area contributed by atoms with Crippen LogP contribution in [0.2, 0.25) is 0 Å². The highest BCUT2D eigenvalue weighted by atomic mass is 32.2. The smallest absolute Gasteiger partial charge is 0.311 e. The molecule has 1 aromatic carbocycles. The first-order valence-corrected chi connectivity index (χ1v) is 15.1. The van der Waals surface area contributed by atoms with Crippen LogP contribution in [0.15, 0.2) is 55.6 Å². The maximum atomic E-state index is 14.6. The summed E-state index contributed by atoms with van der Waals surface area (Å²) in [7, 11) is 0. The van der Waals surface area contributed by atoms with Gasteiger partial charge in [-0.05, 0) is 65.4 Å². The van der Waals surface area contributed by atoms with Crippen molar-refractivity contribution in [3.05, 3.63) is 61.2 Å². The van der Waals surface area contributed by atoms with Crippen LogP contribution < -0.4 is 0 Å². The minimum atomic E-state index is -0.810. The van der Waals surface area contributed by atoms with Crippen molar-refractivity contribution in [2.45, 2.75) is 86.9 Å². The third-order valence-corrected chi connectivity index (χ3v) is 10.8. The Balaban J connectivity index is 1.78. The third-order valence-electron chi connectivity index (χ3n) is 8.81. The number of carbonyl (C=O) groups is 3. The van der Waals surface area contributed by atoms with Gasteiger partial charge in [0.2, 0.25) is 11.8 Å². The second-order valence-corrected chi connectivity index (χ2v) is 14.4. The molecule has 2 bridgehead atoms. The van der Waals surface area contributed by atoms with E-state index in [2.05, 4.69) is 13.2 Å². The number of esters is 1. The van der Waals surface area contributed by atoms with E-state index >= 15 is 0 Å². The predicted molar refractivity (Wildman–Crippen MR) is 159 cm³/mol. The summed E-state index contributed by atoms with van der Waals surface area (Å²) in [6, 6.07) is 8.28. The molecular formula is C32H44N2O5S. The highest BCUT2D eigenvalue weighted by Crippen LogP contribution is 2.72. The number of ether oxygens (including phenoxy) is 1. The summed E-state index contributed by atoms with van der Waals surface area (Å²) in [5.41, 5.74) is 0.452. The Morgan fingerprint density at radius 1 is 1.23 bits per heavy atom. The van der Waals surface area contributed by atoms with Gasteiger partial charge >= 0.3 is 5.97 Å². The molecule has 218 valence electrons. The SMILES string of the molecule is C=CCCCOC(=O)[C@@H]1[C@H]2C(=O)N([C@@H](CO)Cc3ccccc3)C(C(=O)N(CC=C)C(C)(C)C)C23CC[C@@]1(C)S3. The molecule has 1 N–H and O–H groups in total. The zero-order valence-electron chi connectivity index (χ0n) is 24.3. The molecular weight excluding hydrogens is 524 g/mol. The van der Waals surface area contributed by atoms with E-state index in [1.165, 1.54) is 0 Å². The normalized spacial score (nSPS) is 29.7. The van der Waals surface area contributed by atoms with Crippen LogP contribution in [-0.2, 0) is 25.5 Å². The molecule has 3 aliphatic rings. The number of amides is 2. The molecule has 6 atom stereocenters. The van der Waals surface area contributed by atoms with E-state index in [1.807, 2.05) is 58.0 Å². The largest absolute Gasteiger partial charge is 0.465 e. The van der Waals surface area contributed by atoms with E-state index in [-0.39, 0.29) is 31.0 Å². The molecule has 1 aromatic rings. The van der Waals surface area contributed by atoms with E-state index in [0.29, 0.717) is 32.2 Å². The first kappa shape index (κ1) is 30.4. The molecule has 0 saturated carbocycles. The average Bonchev–Trinajstić information content (AvgIpc) is 3.48. The first-order valence-electron chi connectivity index (χ1n) is 14.3. The Morgan fingerprint density at radius 2 is 1.93 bits per heavy atom. The molecule has 8 heteroatoms. The number of fused-ring (bicyclic) bond motifs is 1. The number of allylic oxidation sites excluding steroid dienone is 1. The fourth-order valence-electron chi connectivity index (χ4n) is 6.99. The number of thioether (sulfide) groups is 1. The Labute approximate surface area is 243 Å². The van der Waals surface area contributed by atoms with Gasteiger partial charge in [-0.1, -0.05) is 42.5 Å². The van der Waals surface area contributed by atoms with Crippen LogP contribution in [0.4, 0.5) is 0 Å². The number of benzene rings is 1. The van der Waals surface area contributed by atoms with Gasteiger partial charge in [0, 0.05) is 16.8 Å². The van der Waals surface area contributed by atoms with E-state index < -0.39 is 39.0 Å². The summed E-state index contributed by atoms with van der Waals surface area (Å²) in [5, 5.41) is 10.6. The van der Waals surface area contributed by atoms with Gasteiger partial charge in [-0.2, -0.15) is 0 Å². The lowest BCUT2D eigenvalue weighted by atomic mass is 9.66. The molecule has 0 aliphatic carbocycles. The van der Waals surface area contributed by atoms with Crippen LogP contribution in [0.3, 0.4) is 0 Å². The van der Waals surface area contributed by atoms with Crippen molar-refractivity contribution < 1.29 is 24.2 Å². The maximum absolute atomic E-state index is 14.6. The van der Waals surface area contributed by atoms with Gasteiger partial charge in [-0.3, -0.25) is 14.4 Å². The summed E-state index contributed by atoms with van der Waals surface area (Å²) < 4.78 is 4.45. The van der Waals surface area contributed by atoms with Crippen LogP contribution >= 0.6 is 11.8 Å². The number of hydrogen-bond donors (Lipinski definition) is 1. The lowest BCUT2D eigenvalue weighted by molar-refractivity contribution is -0.156. The fourth-order valence-corrected chi connectivity index (χ4v) is 9.32. The van der Waals surface area contributed by atoms with Crippen molar-refractivity contribution in [3.63, 3.8) is 0 Å². The van der Waals surface area contributed by atoms with Crippen LogP contribution in [-0.4, -0.2) is 79.6 Å². The van der Waals surface area contributed by atoms with E-state index in [0.717, 1.165) is 12.0 Å². The summed E-state index contributed by atoms with van der Waals surface area (Å²) in [6.07, 6.45) is 6.68. The lowest BCUT2D eigenvalue weighted by Gasteiger charge is -2.43. The Hall–Kier alpha value is -2.58. The minimum absolute atomic E-state index is 0.161. The molecule has 40 heavy (non-hydrogen) atoms. The van der Waals surface area contributed by atoms with Gasteiger partial charge in [0.15, 0.2) is 0 Å². The zero-order chi connectivity index (χ0) is 29.3. The highest BCUT2D eigenvalue weighted by molar-refractivity contribution is 8.02. The molecule has 0 aromatic heterocycles. The van der Waals surface area contributed by atoms with Crippen LogP contribution in [0.25, 0.3) is 0 Å². The van der Waals surface area contributed by atoms with Crippen LogP contribution in [0.1, 0.15) is 58.9 Å². The Kier molecular flexibility index (Phi) is 8.91. The number of likely N-dealkylation sites (tertiary alicyclic amines) is 1. The van der Waals surface area contributed by atoms with E-state index in [4.69, 9.17) is 4.74 Å². The third kappa shape index (κ3) is 5.25. The standard InChI is InChI=1S/C32H44N2O5S/c1-7-9-13-19-39-29(38)25-24-27(36)34(23(21-35)20-22-14-11-10-12-15-22)26(32(24)17-16-31(25,6)40-32)28(37)33(18-8-2)30(3,4)5/h7-8,10-12,14-15,23-26,35H,1-2,9,13,16-21H2,3-6H3/t23-,24+,25+,26?,31-,32?/m1/s1. The summed E-state index contributed by atoms with van der Waals surface area (Å²) in [5.74, 6) is -2.10. The van der Waals surface area contributed by atoms with Gasteiger partial charge in [-0.15, -0.1) is 24.9 Å². The maximum Gasteiger partial charge on any atom is 0.311 e. The van der Waals surface area contributed by atoms with Gasteiger partial charge < -0.3 is 19.6 Å². The zero-order valence-corrected chi connectivity index (χ0v) is 25.1. The number of aliphatic hydroxyl groups is 1. The van der Waals surface area contributed by atoms with Crippen LogP contribution in [0, 0.1) is 11.8 Å².